The summed E-state index contributed by atoms with van der Waals surface area (Å²) in [6.45, 7) is 8.88. The molecule has 1 heterocycles. The van der Waals surface area contributed by atoms with Crippen LogP contribution in [0.4, 0.5) is 0 Å². The molecule has 0 saturated carbocycles. The summed E-state index contributed by atoms with van der Waals surface area (Å²) in [5.41, 5.74) is 1.68. The van der Waals surface area contributed by atoms with Gasteiger partial charge in [0.1, 0.15) is 24.9 Å². The van der Waals surface area contributed by atoms with E-state index in [1.54, 1.807) is 13.0 Å². The monoisotopic (exact) mass is 518 g/mol. The highest BCUT2D eigenvalue weighted by Crippen LogP contribution is 2.36. The summed E-state index contributed by atoms with van der Waals surface area (Å²) < 4.78 is 21.8. The highest BCUT2D eigenvalue weighted by molar-refractivity contribution is 5.93. The molecule has 10 heteroatoms. The molecule has 2 rings (SSSR count). The van der Waals surface area contributed by atoms with Gasteiger partial charge in [0.25, 0.3) is 0 Å². The van der Waals surface area contributed by atoms with Gasteiger partial charge in [-0.1, -0.05) is 18.2 Å². The van der Waals surface area contributed by atoms with Gasteiger partial charge in [0, 0.05) is 30.9 Å². The molecule has 202 valence electrons. The van der Waals surface area contributed by atoms with Gasteiger partial charge >= 0.3 is 23.9 Å². The number of hydrogen-bond donors (Lipinski definition) is 2. The van der Waals surface area contributed by atoms with Gasteiger partial charge in [0.2, 0.25) is 0 Å². The predicted molar refractivity (Wildman–Crippen MR) is 132 cm³/mol. The molecule has 0 radical (unpaired) electrons. The Morgan fingerprint density at radius 1 is 1.11 bits per heavy atom. The minimum Gasteiger partial charge on any atom is -0.458 e. The number of hydrogen-bond acceptors (Lipinski definition) is 10. The van der Waals surface area contributed by atoms with Crippen LogP contribution in [0.2, 0.25) is 0 Å². The summed E-state index contributed by atoms with van der Waals surface area (Å²) in [4.78, 5) is 49.2. The molecule has 10 nitrogen and oxygen atoms in total. The molecule has 0 amide bonds. The van der Waals surface area contributed by atoms with E-state index in [1.807, 2.05) is 13.0 Å². The molecule has 1 saturated heterocycles. The summed E-state index contributed by atoms with van der Waals surface area (Å²) in [5, 5.41) is 18.3. The first kappa shape index (κ1) is 29.7. The molecule has 4 atom stereocenters. The summed E-state index contributed by atoms with van der Waals surface area (Å²) in [7, 11) is 0. The predicted octanol–water partition coefficient (Wildman–Crippen LogP) is 2.01. The lowest BCUT2D eigenvalue weighted by Crippen LogP contribution is -2.35. The van der Waals surface area contributed by atoms with Gasteiger partial charge in [-0.3, -0.25) is 4.79 Å². The summed E-state index contributed by atoms with van der Waals surface area (Å²) >= 11 is 0. The maximum atomic E-state index is 13.1. The van der Waals surface area contributed by atoms with E-state index in [0.717, 1.165) is 5.57 Å². The number of aliphatic hydroxyl groups excluding tert-OH is 2. The van der Waals surface area contributed by atoms with Crippen molar-refractivity contribution in [2.75, 3.05) is 19.8 Å². The summed E-state index contributed by atoms with van der Waals surface area (Å²) in [6, 6.07) is 0. The van der Waals surface area contributed by atoms with Crippen molar-refractivity contribution in [1.82, 2.24) is 0 Å². The number of carbonyl (C=O) groups is 4. The Bertz CT molecular complexity index is 1050. The molecule has 0 bridgehead atoms. The van der Waals surface area contributed by atoms with Gasteiger partial charge in [-0.15, -0.1) is 0 Å². The van der Waals surface area contributed by atoms with Gasteiger partial charge in [-0.2, -0.15) is 0 Å². The van der Waals surface area contributed by atoms with E-state index in [9.17, 15) is 24.3 Å². The van der Waals surface area contributed by atoms with E-state index < -0.39 is 61.3 Å². The quantitative estimate of drug-likeness (QED) is 0.212. The first-order chi connectivity index (χ1) is 17.5. The molecule has 0 aromatic heterocycles. The van der Waals surface area contributed by atoms with Crippen LogP contribution in [0.25, 0.3) is 0 Å². The molecular formula is C27H34O10. The minimum absolute atomic E-state index is 0.0968. The van der Waals surface area contributed by atoms with E-state index >= 15 is 0 Å². The molecule has 1 fully saturated rings. The van der Waals surface area contributed by atoms with Crippen LogP contribution in [-0.4, -0.2) is 72.2 Å². The number of aliphatic hydroxyl groups is 2. The molecule has 0 spiro atoms. The maximum absolute atomic E-state index is 13.1. The number of fused-ring (bicyclic) bond motifs is 1. The van der Waals surface area contributed by atoms with Crippen LogP contribution in [0.1, 0.15) is 40.5 Å². The fourth-order valence-corrected chi connectivity index (χ4v) is 4.03. The molecule has 1 aliphatic heterocycles. The first-order valence-corrected chi connectivity index (χ1v) is 11.8. The standard InChI is InChI=1S/C27H34O10/c1-15-6-7-21(35-19(5)30)17(3)13-23-24(18(4)26(32)36-23)22(12-15)37-27(33)20(9-11-29)14-34-25(31)16(2)8-10-28/h6,8-9,13,21-24,28-29H,4,7,10-12,14H2,1-3,5H3/b15-6+,16-8+,17-13-,20-9+/t21-,22-,23+,24-/m1/s1. The molecule has 0 aromatic carbocycles. The normalized spacial score (nSPS) is 27.6. The number of rotatable bonds is 8. The van der Waals surface area contributed by atoms with E-state index in [4.69, 9.17) is 24.1 Å². The lowest BCUT2D eigenvalue weighted by atomic mass is 9.85. The third-order valence-corrected chi connectivity index (χ3v) is 6.05. The zero-order valence-corrected chi connectivity index (χ0v) is 21.5. The molecule has 2 aliphatic rings. The Hall–Kier alpha value is -3.50. The van der Waals surface area contributed by atoms with Crippen molar-refractivity contribution in [2.45, 2.75) is 58.8 Å². The van der Waals surface area contributed by atoms with Crippen molar-refractivity contribution >= 4 is 23.9 Å². The average molecular weight is 519 g/mol. The molecule has 0 aromatic rings. The topological polar surface area (TPSA) is 146 Å². The SMILES string of the molecule is C=C1C(=O)O[C@H]2/C=C(/C)[C@H](OC(C)=O)C/C=C(\C)C[C@@H](OC(=O)/C(=C/CO)COC(=O)/C(C)=C/CO)[C@@H]12. The molecule has 37 heavy (non-hydrogen) atoms. The second-order valence-corrected chi connectivity index (χ2v) is 8.92. The molecule has 2 N–H and O–H groups in total. The lowest BCUT2D eigenvalue weighted by molar-refractivity contribution is -0.149. The Kier molecular flexibility index (Phi) is 11.0. The van der Waals surface area contributed by atoms with Gasteiger partial charge < -0.3 is 29.2 Å². The van der Waals surface area contributed by atoms with Crippen LogP contribution in [-0.2, 0) is 38.1 Å². The van der Waals surface area contributed by atoms with E-state index in [2.05, 4.69) is 6.58 Å². The fraction of sp³-hybridized carbons (Fsp3) is 0.481. The zero-order valence-electron chi connectivity index (χ0n) is 21.5. The minimum atomic E-state index is -0.865. The maximum Gasteiger partial charge on any atom is 0.337 e. The zero-order chi connectivity index (χ0) is 27.7. The average Bonchev–Trinajstić information content (AvgIpc) is 3.10. The lowest BCUT2D eigenvalue weighted by Gasteiger charge is -2.28. The first-order valence-electron chi connectivity index (χ1n) is 11.8. The molecular weight excluding hydrogens is 484 g/mol. The van der Waals surface area contributed by atoms with E-state index in [0.29, 0.717) is 12.0 Å². The highest BCUT2D eigenvalue weighted by atomic mass is 16.6. The highest BCUT2D eigenvalue weighted by Gasteiger charge is 2.45. The van der Waals surface area contributed by atoms with Crippen LogP contribution in [0.3, 0.4) is 0 Å². The third kappa shape index (κ3) is 8.26. The van der Waals surface area contributed by atoms with Gasteiger partial charge in [-0.05, 0) is 44.6 Å². The Balaban J connectivity index is 2.33. The number of carbonyl (C=O) groups excluding carboxylic acids is 4. The van der Waals surface area contributed by atoms with Crippen LogP contribution in [0, 0.1) is 5.92 Å². The Morgan fingerprint density at radius 3 is 2.41 bits per heavy atom. The van der Waals surface area contributed by atoms with Gasteiger partial charge in [0.15, 0.2) is 0 Å². The smallest absolute Gasteiger partial charge is 0.337 e. The van der Waals surface area contributed by atoms with E-state index in [1.165, 1.54) is 26.0 Å². The summed E-state index contributed by atoms with van der Waals surface area (Å²) in [5.74, 6) is -3.38. The van der Waals surface area contributed by atoms with Crippen molar-refractivity contribution in [2.24, 2.45) is 5.92 Å². The van der Waals surface area contributed by atoms with Crippen LogP contribution >= 0.6 is 0 Å². The van der Waals surface area contributed by atoms with Crippen LogP contribution in [0.15, 0.2) is 58.7 Å². The second kappa shape index (κ2) is 13.7. The summed E-state index contributed by atoms with van der Waals surface area (Å²) in [6.07, 6.45) is 4.36. The molecule has 1 aliphatic carbocycles. The largest absolute Gasteiger partial charge is 0.458 e. The fourth-order valence-electron chi connectivity index (χ4n) is 4.03. The number of esters is 4. The van der Waals surface area contributed by atoms with Crippen molar-refractivity contribution in [3.05, 3.63) is 58.7 Å². The van der Waals surface area contributed by atoms with E-state index in [-0.39, 0.29) is 29.7 Å². The van der Waals surface area contributed by atoms with Crippen molar-refractivity contribution in [3.63, 3.8) is 0 Å². The van der Waals surface area contributed by atoms with Gasteiger partial charge in [-0.25, -0.2) is 14.4 Å². The van der Waals surface area contributed by atoms with Crippen molar-refractivity contribution in [1.29, 1.82) is 0 Å². The Labute approximate surface area is 215 Å². The number of ether oxygens (including phenoxy) is 4. The van der Waals surface area contributed by atoms with Crippen LogP contribution in [0.5, 0.6) is 0 Å². The second-order valence-electron chi connectivity index (χ2n) is 8.92. The van der Waals surface area contributed by atoms with Crippen molar-refractivity contribution in [3.8, 4) is 0 Å². The van der Waals surface area contributed by atoms with Gasteiger partial charge in [0.05, 0.1) is 24.7 Å². The Morgan fingerprint density at radius 2 is 1.78 bits per heavy atom. The van der Waals surface area contributed by atoms with Crippen LogP contribution < -0.4 is 0 Å². The van der Waals surface area contributed by atoms with Crippen molar-refractivity contribution < 1.29 is 48.3 Å². The molecule has 0 unspecified atom stereocenters. The third-order valence-electron chi connectivity index (χ3n) is 6.05.